The molecule has 4 nitrogen and oxygen atoms in total. The van der Waals surface area contributed by atoms with Gasteiger partial charge in [0.25, 0.3) is 0 Å². The first-order valence-electron chi connectivity index (χ1n) is 5.37. The van der Waals surface area contributed by atoms with Gasteiger partial charge in [-0.25, -0.2) is 9.97 Å². The molecule has 94 valence electrons. The fourth-order valence-corrected chi connectivity index (χ4v) is 1.79. The summed E-state index contributed by atoms with van der Waals surface area (Å²) >= 11 is 0. The van der Waals surface area contributed by atoms with Crippen LogP contribution in [0.4, 0.5) is 19.0 Å². The predicted octanol–water partition coefficient (Wildman–Crippen LogP) is 1.42. The third-order valence-corrected chi connectivity index (χ3v) is 2.76. The summed E-state index contributed by atoms with van der Waals surface area (Å²) in [6.45, 7) is 1.27. The molecule has 2 N–H and O–H groups in total. The smallest absolute Gasteiger partial charge is 0.356 e. The Balaban J connectivity index is 2.16. The first-order chi connectivity index (χ1) is 7.97. The minimum Gasteiger partial charge on any atom is -0.356 e. The zero-order valence-electron chi connectivity index (χ0n) is 9.11. The maximum atomic E-state index is 12.4. The number of hydrogen-bond donors (Lipinski definition) is 1. The van der Waals surface area contributed by atoms with E-state index >= 15 is 0 Å². The van der Waals surface area contributed by atoms with Gasteiger partial charge in [0, 0.05) is 25.3 Å². The second-order valence-corrected chi connectivity index (χ2v) is 4.06. The van der Waals surface area contributed by atoms with Crippen LogP contribution in [-0.2, 0) is 6.18 Å². The number of alkyl halides is 3. The number of rotatable bonds is 1. The Morgan fingerprint density at radius 1 is 1.29 bits per heavy atom. The molecule has 0 aliphatic carbocycles. The van der Waals surface area contributed by atoms with Crippen LogP contribution in [0.5, 0.6) is 0 Å². The Kier molecular flexibility index (Phi) is 3.19. The number of halogens is 3. The first-order valence-corrected chi connectivity index (χ1v) is 5.37. The normalized spacial score (nSPS) is 18.5. The molecule has 0 bridgehead atoms. The topological polar surface area (TPSA) is 55.0 Å². The Labute approximate surface area is 96.7 Å². The van der Waals surface area contributed by atoms with E-state index in [-0.39, 0.29) is 6.04 Å². The summed E-state index contributed by atoms with van der Waals surface area (Å²) in [6, 6.07) is 1.63. The number of piperidine rings is 1. The molecule has 1 aliphatic heterocycles. The van der Waals surface area contributed by atoms with E-state index in [2.05, 4.69) is 9.97 Å². The molecule has 1 aromatic heterocycles. The van der Waals surface area contributed by atoms with Crippen molar-refractivity contribution in [2.24, 2.45) is 5.73 Å². The van der Waals surface area contributed by atoms with Crippen LogP contribution in [0.1, 0.15) is 18.7 Å². The number of hydrogen-bond acceptors (Lipinski definition) is 4. The predicted molar refractivity (Wildman–Crippen MR) is 56.5 cm³/mol. The maximum absolute atomic E-state index is 12.4. The van der Waals surface area contributed by atoms with Crippen LogP contribution >= 0.6 is 0 Å². The molecule has 2 rings (SSSR count). The van der Waals surface area contributed by atoms with Gasteiger partial charge < -0.3 is 10.6 Å². The van der Waals surface area contributed by atoms with Crippen molar-refractivity contribution in [3.63, 3.8) is 0 Å². The molecule has 1 aromatic rings. The minimum atomic E-state index is -4.50. The standard InChI is InChI=1S/C10H13F3N4/c11-10(12,13)9-15-4-1-8(16-9)17-5-2-7(14)3-6-17/h1,4,7H,2-3,5-6,14H2. The Morgan fingerprint density at radius 3 is 2.53 bits per heavy atom. The molecule has 0 saturated carbocycles. The van der Waals surface area contributed by atoms with Gasteiger partial charge in [-0.2, -0.15) is 13.2 Å². The lowest BCUT2D eigenvalue weighted by atomic mass is 10.1. The molecule has 1 saturated heterocycles. The second kappa shape index (κ2) is 4.48. The fraction of sp³-hybridized carbons (Fsp3) is 0.600. The molecule has 1 fully saturated rings. The lowest BCUT2D eigenvalue weighted by Gasteiger charge is -2.31. The summed E-state index contributed by atoms with van der Waals surface area (Å²) in [6.07, 6.45) is -1.82. The van der Waals surface area contributed by atoms with Crippen molar-refractivity contribution >= 4 is 5.82 Å². The number of nitrogens with zero attached hydrogens (tertiary/aromatic N) is 3. The second-order valence-electron chi connectivity index (χ2n) is 4.06. The van der Waals surface area contributed by atoms with E-state index in [0.717, 1.165) is 19.0 Å². The van der Waals surface area contributed by atoms with E-state index in [1.807, 2.05) is 0 Å². The van der Waals surface area contributed by atoms with Crippen LogP contribution < -0.4 is 10.6 Å². The molecule has 0 unspecified atom stereocenters. The zero-order valence-corrected chi connectivity index (χ0v) is 9.11. The SMILES string of the molecule is NC1CCN(c2ccnc(C(F)(F)F)n2)CC1. The van der Waals surface area contributed by atoms with Gasteiger partial charge in [0.2, 0.25) is 5.82 Å². The van der Waals surface area contributed by atoms with Crippen molar-refractivity contribution in [3.05, 3.63) is 18.1 Å². The first kappa shape index (κ1) is 12.1. The largest absolute Gasteiger partial charge is 0.451 e. The van der Waals surface area contributed by atoms with E-state index in [1.165, 1.54) is 6.07 Å². The van der Waals surface area contributed by atoms with Crippen LogP contribution in [0.3, 0.4) is 0 Å². The summed E-state index contributed by atoms with van der Waals surface area (Å²) in [5.74, 6) is -0.774. The van der Waals surface area contributed by atoms with Crippen LogP contribution in [0.15, 0.2) is 12.3 Å². The highest BCUT2D eigenvalue weighted by Gasteiger charge is 2.35. The van der Waals surface area contributed by atoms with Gasteiger partial charge in [-0.15, -0.1) is 0 Å². The molecule has 17 heavy (non-hydrogen) atoms. The van der Waals surface area contributed by atoms with Gasteiger partial charge in [-0.1, -0.05) is 0 Å². The molecule has 0 spiro atoms. The van der Waals surface area contributed by atoms with Crippen molar-refractivity contribution in [3.8, 4) is 0 Å². The number of aromatic nitrogens is 2. The third kappa shape index (κ3) is 2.85. The molecule has 1 aliphatic rings. The zero-order chi connectivity index (χ0) is 12.5. The summed E-state index contributed by atoms with van der Waals surface area (Å²) < 4.78 is 37.3. The Morgan fingerprint density at radius 2 is 1.94 bits per heavy atom. The van der Waals surface area contributed by atoms with Gasteiger partial charge in [-0.3, -0.25) is 0 Å². The molecule has 0 aromatic carbocycles. The molecule has 0 amide bonds. The van der Waals surface area contributed by atoms with Crippen molar-refractivity contribution in [2.45, 2.75) is 25.1 Å². The molecule has 0 atom stereocenters. The average Bonchev–Trinajstić information content (AvgIpc) is 2.29. The summed E-state index contributed by atoms with van der Waals surface area (Å²) in [7, 11) is 0. The lowest BCUT2D eigenvalue weighted by Crippen LogP contribution is -2.40. The van der Waals surface area contributed by atoms with Gasteiger partial charge in [0.05, 0.1) is 0 Å². The maximum Gasteiger partial charge on any atom is 0.451 e. The van der Waals surface area contributed by atoms with Gasteiger partial charge >= 0.3 is 6.18 Å². The van der Waals surface area contributed by atoms with E-state index in [9.17, 15) is 13.2 Å². The Bertz CT molecular complexity index is 385. The van der Waals surface area contributed by atoms with Gasteiger partial charge in [-0.05, 0) is 18.9 Å². The molecule has 7 heteroatoms. The number of nitrogens with two attached hydrogens (primary N) is 1. The van der Waals surface area contributed by atoms with Crippen LogP contribution in [0.2, 0.25) is 0 Å². The highest BCUT2D eigenvalue weighted by Crippen LogP contribution is 2.27. The Hall–Kier alpha value is -1.37. The monoisotopic (exact) mass is 246 g/mol. The van der Waals surface area contributed by atoms with E-state index in [0.29, 0.717) is 18.9 Å². The number of anilines is 1. The van der Waals surface area contributed by atoms with Gasteiger partial charge in [0.15, 0.2) is 0 Å². The van der Waals surface area contributed by atoms with Crippen molar-refractivity contribution in [1.29, 1.82) is 0 Å². The molecule has 0 radical (unpaired) electrons. The molecular formula is C10H13F3N4. The van der Waals surface area contributed by atoms with Crippen LogP contribution in [-0.4, -0.2) is 29.1 Å². The average molecular weight is 246 g/mol. The van der Waals surface area contributed by atoms with Crippen molar-refractivity contribution in [2.75, 3.05) is 18.0 Å². The van der Waals surface area contributed by atoms with Crippen molar-refractivity contribution < 1.29 is 13.2 Å². The van der Waals surface area contributed by atoms with E-state index in [4.69, 9.17) is 5.73 Å². The quantitative estimate of drug-likeness (QED) is 0.814. The van der Waals surface area contributed by atoms with E-state index in [1.54, 1.807) is 4.90 Å². The van der Waals surface area contributed by atoms with E-state index < -0.39 is 12.0 Å². The van der Waals surface area contributed by atoms with Crippen LogP contribution in [0.25, 0.3) is 0 Å². The summed E-state index contributed by atoms with van der Waals surface area (Å²) in [4.78, 5) is 8.58. The van der Waals surface area contributed by atoms with Gasteiger partial charge in [0.1, 0.15) is 5.82 Å². The molecular weight excluding hydrogens is 233 g/mol. The highest BCUT2D eigenvalue weighted by molar-refractivity contribution is 5.38. The fourth-order valence-electron chi connectivity index (χ4n) is 1.79. The lowest BCUT2D eigenvalue weighted by molar-refractivity contribution is -0.144. The summed E-state index contributed by atoms with van der Waals surface area (Å²) in [5, 5.41) is 0. The third-order valence-electron chi connectivity index (χ3n) is 2.76. The minimum absolute atomic E-state index is 0.134. The summed E-state index contributed by atoms with van der Waals surface area (Å²) in [5.41, 5.74) is 5.73. The highest BCUT2D eigenvalue weighted by atomic mass is 19.4. The van der Waals surface area contributed by atoms with Crippen molar-refractivity contribution in [1.82, 2.24) is 9.97 Å². The molecule has 2 heterocycles. The van der Waals surface area contributed by atoms with Crippen LogP contribution in [0, 0.1) is 0 Å².